The molecule has 1 aliphatic rings. The molecular weight excluding hydrogens is 230 g/mol. The van der Waals surface area contributed by atoms with Crippen LogP contribution in [0.2, 0.25) is 0 Å². The second-order valence-corrected chi connectivity index (χ2v) is 4.75. The molecule has 1 aliphatic heterocycles. The zero-order chi connectivity index (χ0) is 13.0. The number of nitrogens with two attached hydrogens (primary N) is 1. The first-order valence-electron chi connectivity index (χ1n) is 6.19. The Balaban J connectivity index is 1.98. The molecule has 1 aromatic heterocycles. The van der Waals surface area contributed by atoms with Gasteiger partial charge in [-0.2, -0.15) is 0 Å². The quantitative estimate of drug-likeness (QED) is 0.829. The second kappa shape index (κ2) is 5.46. The van der Waals surface area contributed by atoms with Crippen molar-refractivity contribution in [2.45, 2.75) is 31.3 Å². The van der Waals surface area contributed by atoms with Crippen LogP contribution in [-0.2, 0) is 9.53 Å². The molecule has 98 valence electrons. The molecule has 0 spiro atoms. The lowest BCUT2D eigenvalue weighted by atomic mass is 9.90. The van der Waals surface area contributed by atoms with Crippen LogP contribution in [0.3, 0.4) is 0 Å². The summed E-state index contributed by atoms with van der Waals surface area (Å²) in [5.74, 6) is -0.109. The molecule has 0 aromatic carbocycles. The van der Waals surface area contributed by atoms with Crippen LogP contribution in [-0.4, -0.2) is 29.6 Å². The van der Waals surface area contributed by atoms with Crippen molar-refractivity contribution in [2.24, 2.45) is 5.73 Å². The number of hydrogen-bond acceptors (Lipinski definition) is 4. The Morgan fingerprint density at radius 3 is 2.89 bits per heavy atom. The molecule has 1 saturated heterocycles. The first kappa shape index (κ1) is 13.0. The monoisotopic (exact) mass is 249 g/mol. The number of hydrogen-bond donors (Lipinski definition) is 2. The fraction of sp³-hybridized carbons (Fsp3) is 0.538. The summed E-state index contributed by atoms with van der Waals surface area (Å²) in [6.07, 6.45) is 4.59. The Morgan fingerprint density at radius 1 is 1.56 bits per heavy atom. The molecule has 1 aromatic rings. The number of aromatic nitrogens is 1. The molecule has 0 radical (unpaired) electrons. The van der Waals surface area contributed by atoms with Crippen LogP contribution < -0.4 is 11.1 Å². The van der Waals surface area contributed by atoms with Gasteiger partial charge in [-0.15, -0.1) is 0 Å². The first-order valence-corrected chi connectivity index (χ1v) is 6.19. The number of rotatable bonds is 3. The van der Waals surface area contributed by atoms with Gasteiger partial charge in [0, 0.05) is 25.6 Å². The highest BCUT2D eigenvalue weighted by atomic mass is 16.5. The van der Waals surface area contributed by atoms with Crippen molar-refractivity contribution in [3.8, 4) is 0 Å². The topological polar surface area (TPSA) is 77.2 Å². The first-order chi connectivity index (χ1) is 8.62. The zero-order valence-electron chi connectivity index (χ0n) is 10.6. The largest absolute Gasteiger partial charge is 0.381 e. The van der Waals surface area contributed by atoms with Gasteiger partial charge in [0.15, 0.2) is 0 Å². The fourth-order valence-electron chi connectivity index (χ4n) is 2.02. The summed E-state index contributed by atoms with van der Waals surface area (Å²) in [4.78, 5) is 16.2. The third-order valence-corrected chi connectivity index (χ3v) is 3.37. The molecule has 0 aliphatic carbocycles. The predicted molar refractivity (Wildman–Crippen MR) is 67.8 cm³/mol. The third kappa shape index (κ3) is 2.86. The maximum atomic E-state index is 12.2. The summed E-state index contributed by atoms with van der Waals surface area (Å²) in [7, 11) is 0. The number of nitrogens with zero attached hydrogens (tertiary/aromatic N) is 1. The summed E-state index contributed by atoms with van der Waals surface area (Å²) < 4.78 is 5.23. The van der Waals surface area contributed by atoms with Gasteiger partial charge in [0.2, 0.25) is 5.91 Å². The standard InChI is InChI=1S/C13H19N3O2/c1-10(11-3-2-6-15-9-11)16-12(17)13(14)4-7-18-8-5-13/h2-3,6,9-10H,4-5,7-8,14H2,1H3,(H,16,17)/t10-/m0/s1. The summed E-state index contributed by atoms with van der Waals surface area (Å²) in [5, 5.41) is 2.95. The molecule has 0 bridgehead atoms. The second-order valence-electron chi connectivity index (χ2n) is 4.75. The van der Waals surface area contributed by atoms with Gasteiger partial charge in [-0.25, -0.2) is 0 Å². The SMILES string of the molecule is C[C@H](NC(=O)C1(N)CCOCC1)c1cccnc1. The summed E-state index contributed by atoms with van der Waals surface area (Å²) in [6.45, 7) is 3.02. The molecule has 0 saturated carbocycles. The Labute approximate surface area is 107 Å². The van der Waals surface area contributed by atoms with E-state index in [0.717, 1.165) is 5.56 Å². The van der Waals surface area contributed by atoms with E-state index in [2.05, 4.69) is 10.3 Å². The van der Waals surface area contributed by atoms with E-state index in [-0.39, 0.29) is 11.9 Å². The molecule has 3 N–H and O–H groups in total. The number of carbonyl (C=O) groups excluding carboxylic acids is 1. The van der Waals surface area contributed by atoms with Crippen LogP contribution in [0.15, 0.2) is 24.5 Å². The van der Waals surface area contributed by atoms with Crippen LogP contribution in [0, 0.1) is 0 Å². The summed E-state index contributed by atoms with van der Waals surface area (Å²) in [6, 6.07) is 3.70. The minimum absolute atomic E-state index is 0.0885. The maximum absolute atomic E-state index is 12.2. The van der Waals surface area contributed by atoms with Crippen molar-refractivity contribution >= 4 is 5.91 Å². The van der Waals surface area contributed by atoms with E-state index in [1.165, 1.54) is 0 Å². The lowest BCUT2D eigenvalue weighted by molar-refractivity contribution is -0.130. The van der Waals surface area contributed by atoms with Crippen LogP contribution in [0.4, 0.5) is 0 Å². The van der Waals surface area contributed by atoms with Gasteiger partial charge in [0.1, 0.15) is 0 Å². The van der Waals surface area contributed by atoms with E-state index in [1.807, 2.05) is 19.1 Å². The van der Waals surface area contributed by atoms with E-state index in [4.69, 9.17) is 10.5 Å². The lowest BCUT2D eigenvalue weighted by Gasteiger charge is -2.33. The van der Waals surface area contributed by atoms with Gasteiger partial charge in [0.25, 0.3) is 0 Å². The highest BCUT2D eigenvalue weighted by molar-refractivity contribution is 5.86. The van der Waals surface area contributed by atoms with Crippen molar-refractivity contribution in [1.82, 2.24) is 10.3 Å². The van der Waals surface area contributed by atoms with Crippen LogP contribution in [0.5, 0.6) is 0 Å². The van der Waals surface area contributed by atoms with E-state index in [1.54, 1.807) is 12.4 Å². The number of carbonyl (C=O) groups is 1. The number of ether oxygens (including phenoxy) is 1. The maximum Gasteiger partial charge on any atom is 0.240 e. The Morgan fingerprint density at radius 2 is 2.28 bits per heavy atom. The van der Waals surface area contributed by atoms with E-state index in [9.17, 15) is 4.79 Å². The molecule has 2 rings (SSSR count). The van der Waals surface area contributed by atoms with Crippen molar-refractivity contribution in [3.63, 3.8) is 0 Å². The summed E-state index contributed by atoms with van der Waals surface area (Å²) >= 11 is 0. The van der Waals surface area contributed by atoms with Gasteiger partial charge in [-0.05, 0) is 31.4 Å². The third-order valence-electron chi connectivity index (χ3n) is 3.37. The highest BCUT2D eigenvalue weighted by Crippen LogP contribution is 2.19. The average molecular weight is 249 g/mol. The Bertz CT molecular complexity index is 402. The normalized spacial score (nSPS) is 20.1. The zero-order valence-corrected chi connectivity index (χ0v) is 10.6. The molecule has 2 heterocycles. The predicted octanol–water partition coefficient (Wildman–Crippen LogP) is 0.767. The number of pyridine rings is 1. The minimum Gasteiger partial charge on any atom is -0.381 e. The van der Waals surface area contributed by atoms with Crippen LogP contribution in [0.1, 0.15) is 31.4 Å². The molecule has 0 unspecified atom stereocenters. The highest BCUT2D eigenvalue weighted by Gasteiger charge is 2.36. The van der Waals surface area contributed by atoms with Crippen molar-refractivity contribution in [3.05, 3.63) is 30.1 Å². The lowest BCUT2D eigenvalue weighted by Crippen LogP contribution is -2.57. The molecule has 5 nitrogen and oxygen atoms in total. The molecule has 1 atom stereocenters. The van der Waals surface area contributed by atoms with Gasteiger partial charge < -0.3 is 15.8 Å². The summed E-state index contributed by atoms with van der Waals surface area (Å²) in [5.41, 5.74) is 6.30. The molecule has 18 heavy (non-hydrogen) atoms. The van der Waals surface area contributed by atoms with E-state index in [0.29, 0.717) is 26.1 Å². The van der Waals surface area contributed by atoms with Crippen molar-refractivity contribution in [1.29, 1.82) is 0 Å². The van der Waals surface area contributed by atoms with E-state index < -0.39 is 5.54 Å². The minimum atomic E-state index is -0.797. The van der Waals surface area contributed by atoms with Crippen molar-refractivity contribution < 1.29 is 9.53 Å². The average Bonchev–Trinajstić information content (AvgIpc) is 2.40. The van der Waals surface area contributed by atoms with Crippen LogP contribution in [0.25, 0.3) is 0 Å². The van der Waals surface area contributed by atoms with E-state index >= 15 is 0 Å². The Hall–Kier alpha value is -1.46. The number of nitrogens with one attached hydrogen (secondary N) is 1. The molecule has 5 heteroatoms. The van der Waals surface area contributed by atoms with Crippen LogP contribution >= 0.6 is 0 Å². The molecule has 1 fully saturated rings. The van der Waals surface area contributed by atoms with Gasteiger partial charge >= 0.3 is 0 Å². The number of amides is 1. The Kier molecular flexibility index (Phi) is 3.93. The smallest absolute Gasteiger partial charge is 0.240 e. The van der Waals surface area contributed by atoms with Gasteiger partial charge in [0.05, 0.1) is 11.6 Å². The van der Waals surface area contributed by atoms with Gasteiger partial charge in [-0.1, -0.05) is 6.07 Å². The molecule has 1 amide bonds. The van der Waals surface area contributed by atoms with Crippen molar-refractivity contribution in [2.75, 3.05) is 13.2 Å². The fourth-order valence-corrected chi connectivity index (χ4v) is 2.02. The molecular formula is C13H19N3O2. The van der Waals surface area contributed by atoms with Gasteiger partial charge in [-0.3, -0.25) is 9.78 Å².